The van der Waals surface area contributed by atoms with Crippen LogP contribution in [0.4, 0.5) is 0 Å². The second-order valence-corrected chi connectivity index (χ2v) is 8.24. The molecule has 122 valence electrons. The van der Waals surface area contributed by atoms with E-state index < -0.39 is 0 Å². The standard InChI is InChI=1S/C16H31N3OS/c1-6-12(2)21-11-14-18-15(20-19-14)8-7-13(9-10-17)16(3,4)5/h12-13H,6-11,17H2,1-5H3. The molecule has 0 aliphatic rings. The minimum absolute atomic E-state index is 0.272. The molecular formula is C16H31N3OS. The Hall–Kier alpha value is -0.550. The van der Waals surface area contributed by atoms with Crippen LogP contribution in [0.3, 0.4) is 0 Å². The summed E-state index contributed by atoms with van der Waals surface area (Å²) >= 11 is 1.88. The number of hydrogen-bond donors (Lipinski definition) is 1. The van der Waals surface area contributed by atoms with Crippen molar-refractivity contribution in [3.05, 3.63) is 11.7 Å². The van der Waals surface area contributed by atoms with Crippen molar-refractivity contribution in [1.82, 2.24) is 10.1 Å². The topological polar surface area (TPSA) is 64.9 Å². The highest BCUT2D eigenvalue weighted by atomic mass is 32.2. The molecule has 4 nitrogen and oxygen atoms in total. The van der Waals surface area contributed by atoms with Crippen molar-refractivity contribution in [3.63, 3.8) is 0 Å². The third-order valence-electron chi connectivity index (χ3n) is 4.03. The maximum atomic E-state index is 5.73. The largest absolute Gasteiger partial charge is 0.339 e. The van der Waals surface area contributed by atoms with E-state index in [0.29, 0.717) is 11.2 Å². The zero-order chi connectivity index (χ0) is 15.9. The van der Waals surface area contributed by atoms with Gasteiger partial charge in [-0.25, -0.2) is 0 Å². The fourth-order valence-corrected chi connectivity index (χ4v) is 3.08. The summed E-state index contributed by atoms with van der Waals surface area (Å²) in [5, 5.41) is 4.72. The van der Waals surface area contributed by atoms with E-state index >= 15 is 0 Å². The lowest BCUT2D eigenvalue weighted by atomic mass is 9.76. The molecular weight excluding hydrogens is 282 g/mol. The van der Waals surface area contributed by atoms with Crippen LogP contribution in [0.2, 0.25) is 0 Å². The Bertz CT molecular complexity index is 400. The maximum absolute atomic E-state index is 5.73. The molecule has 0 fully saturated rings. The number of thioether (sulfide) groups is 1. The molecule has 0 saturated heterocycles. The van der Waals surface area contributed by atoms with Gasteiger partial charge in [0.2, 0.25) is 5.89 Å². The second-order valence-electron chi connectivity index (χ2n) is 6.81. The van der Waals surface area contributed by atoms with Gasteiger partial charge in [0.15, 0.2) is 5.82 Å². The highest BCUT2D eigenvalue weighted by molar-refractivity contribution is 7.99. The first-order chi connectivity index (χ1) is 9.86. The lowest BCUT2D eigenvalue weighted by Crippen LogP contribution is -2.24. The first-order valence-corrected chi connectivity index (χ1v) is 9.04. The van der Waals surface area contributed by atoms with Gasteiger partial charge in [-0.3, -0.25) is 0 Å². The SMILES string of the molecule is CCC(C)SCc1noc(CCC(CCN)C(C)(C)C)n1. The number of hydrogen-bond acceptors (Lipinski definition) is 5. The molecule has 0 amide bonds. The Balaban J connectivity index is 2.46. The predicted octanol–water partition coefficient (Wildman–Crippen LogP) is 4.05. The monoisotopic (exact) mass is 313 g/mol. The highest BCUT2D eigenvalue weighted by Crippen LogP contribution is 2.32. The van der Waals surface area contributed by atoms with Gasteiger partial charge in [-0.1, -0.05) is 39.8 Å². The average Bonchev–Trinajstić information content (AvgIpc) is 2.87. The van der Waals surface area contributed by atoms with Crippen molar-refractivity contribution in [1.29, 1.82) is 0 Å². The summed E-state index contributed by atoms with van der Waals surface area (Å²) in [4.78, 5) is 4.50. The van der Waals surface area contributed by atoms with E-state index in [-0.39, 0.29) is 5.41 Å². The summed E-state index contributed by atoms with van der Waals surface area (Å²) in [6.45, 7) is 12.0. The van der Waals surface area contributed by atoms with Crippen molar-refractivity contribution in [2.75, 3.05) is 6.54 Å². The smallest absolute Gasteiger partial charge is 0.226 e. The van der Waals surface area contributed by atoms with Gasteiger partial charge in [-0.15, -0.1) is 0 Å². The van der Waals surface area contributed by atoms with E-state index in [2.05, 4.69) is 44.8 Å². The summed E-state index contributed by atoms with van der Waals surface area (Å²) in [7, 11) is 0. The zero-order valence-corrected chi connectivity index (χ0v) is 15.0. The van der Waals surface area contributed by atoms with Crippen LogP contribution in [0.25, 0.3) is 0 Å². The number of aromatic nitrogens is 2. The van der Waals surface area contributed by atoms with Gasteiger partial charge in [-0.2, -0.15) is 16.7 Å². The fraction of sp³-hybridized carbons (Fsp3) is 0.875. The van der Waals surface area contributed by atoms with E-state index in [4.69, 9.17) is 10.3 Å². The van der Waals surface area contributed by atoms with E-state index in [9.17, 15) is 0 Å². The summed E-state index contributed by atoms with van der Waals surface area (Å²) in [6.07, 6.45) is 4.12. The van der Waals surface area contributed by atoms with Gasteiger partial charge in [0, 0.05) is 11.7 Å². The first-order valence-electron chi connectivity index (χ1n) is 8.00. The molecule has 0 radical (unpaired) electrons. The van der Waals surface area contributed by atoms with E-state index in [1.54, 1.807) is 0 Å². The highest BCUT2D eigenvalue weighted by Gasteiger charge is 2.24. The molecule has 1 heterocycles. The summed E-state index contributed by atoms with van der Waals surface area (Å²) in [6, 6.07) is 0. The Labute approximate surface area is 133 Å². The number of aryl methyl sites for hydroxylation is 1. The van der Waals surface area contributed by atoms with Crippen LogP contribution >= 0.6 is 11.8 Å². The lowest BCUT2D eigenvalue weighted by Gasteiger charge is -2.30. The molecule has 0 saturated carbocycles. The van der Waals surface area contributed by atoms with Gasteiger partial charge in [0.05, 0.1) is 5.75 Å². The van der Waals surface area contributed by atoms with Crippen molar-refractivity contribution in [3.8, 4) is 0 Å². The molecule has 5 heteroatoms. The Morgan fingerprint density at radius 3 is 2.57 bits per heavy atom. The summed E-state index contributed by atoms with van der Waals surface area (Å²) in [5.74, 6) is 3.01. The quantitative estimate of drug-likeness (QED) is 0.745. The molecule has 1 aromatic heterocycles. The predicted molar refractivity (Wildman–Crippen MR) is 90.3 cm³/mol. The molecule has 0 bridgehead atoms. The van der Waals surface area contributed by atoms with Crippen LogP contribution in [0.15, 0.2) is 4.52 Å². The molecule has 2 atom stereocenters. The van der Waals surface area contributed by atoms with Crippen LogP contribution < -0.4 is 5.73 Å². The third-order valence-corrected chi connectivity index (χ3v) is 5.36. The number of rotatable bonds is 9. The van der Waals surface area contributed by atoms with Crippen molar-refractivity contribution >= 4 is 11.8 Å². The maximum Gasteiger partial charge on any atom is 0.226 e. The van der Waals surface area contributed by atoms with Crippen LogP contribution in [0.5, 0.6) is 0 Å². The van der Waals surface area contributed by atoms with E-state index in [1.165, 1.54) is 6.42 Å². The van der Waals surface area contributed by atoms with Crippen LogP contribution in [-0.4, -0.2) is 21.9 Å². The zero-order valence-electron chi connectivity index (χ0n) is 14.2. The van der Waals surface area contributed by atoms with Gasteiger partial charge >= 0.3 is 0 Å². The van der Waals surface area contributed by atoms with E-state index in [0.717, 1.165) is 43.3 Å². The van der Waals surface area contributed by atoms with Crippen LogP contribution in [0.1, 0.15) is 65.6 Å². The number of nitrogens with two attached hydrogens (primary N) is 1. The molecule has 21 heavy (non-hydrogen) atoms. The molecule has 0 spiro atoms. The summed E-state index contributed by atoms with van der Waals surface area (Å²) in [5.41, 5.74) is 6.00. The fourth-order valence-electron chi connectivity index (χ4n) is 2.29. The van der Waals surface area contributed by atoms with Crippen LogP contribution in [-0.2, 0) is 12.2 Å². The molecule has 0 aromatic carbocycles. The molecule has 2 unspecified atom stereocenters. The van der Waals surface area contributed by atoms with E-state index in [1.807, 2.05) is 11.8 Å². The van der Waals surface area contributed by atoms with Crippen molar-refractivity contribution < 1.29 is 4.52 Å². The van der Waals surface area contributed by atoms with Crippen molar-refractivity contribution in [2.24, 2.45) is 17.1 Å². The molecule has 0 aliphatic heterocycles. The van der Waals surface area contributed by atoms with Crippen LogP contribution in [0, 0.1) is 11.3 Å². The Morgan fingerprint density at radius 2 is 2.00 bits per heavy atom. The normalized spacial score (nSPS) is 15.1. The molecule has 0 aliphatic carbocycles. The molecule has 1 rings (SSSR count). The van der Waals surface area contributed by atoms with Crippen molar-refractivity contribution in [2.45, 2.75) is 71.3 Å². The van der Waals surface area contributed by atoms with Gasteiger partial charge < -0.3 is 10.3 Å². The minimum atomic E-state index is 0.272. The lowest BCUT2D eigenvalue weighted by molar-refractivity contribution is 0.208. The molecule has 2 N–H and O–H groups in total. The van der Waals surface area contributed by atoms with Gasteiger partial charge in [0.25, 0.3) is 0 Å². The van der Waals surface area contributed by atoms with Gasteiger partial charge in [0.1, 0.15) is 0 Å². The average molecular weight is 314 g/mol. The Morgan fingerprint density at radius 1 is 1.29 bits per heavy atom. The first kappa shape index (κ1) is 18.5. The summed E-state index contributed by atoms with van der Waals surface area (Å²) < 4.78 is 5.37. The Kier molecular flexibility index (Phi) is 7.74. The second kappa shape index (κ2) is 8.79. The van der Waals surface area contributed by atoms with Gasteiger partial charge in [-0.05, 0) is 37.1 Å². The third kappa shape index (κ3) is 6.83. The molecule has 1 aromatic rings. The number of nitrogens with zero attached hydrogens (tertiary/aromatic N) is 2. The minimum Gasteiger partial charge on any atom is -0.339 e.